The zero-order chi connectivity index (χ0) is 14.6. The number of rotatable bonds is 7. The van der Waals surface area contributed by atoms with Gasteiger partial charge in [0.25, 0.3) is 5.69 Å². The van der Waals surface area contributed by atoms with Gasteiger partial charge in [-0.3, -0.25) is 10.1 Å². The first-order chi connectivity index (χ1) is 9.59. The van der Waals surface area contributed by atoms with Crippen LogP contribution in [0.5, 0.6) is 0 Å². The smallest absolute Gasteiger partial charge is 0.292 e. The van der Waals surface area contributed by atoms with Crippen molar-refractivity contribution in [3.05, 3.63) is 34.4 Å². The maximum absolute atomic E-state index is 11.0. The van der Waals surface area contributed by atoms with E-state index in [-0.39, 0.29) is 22.6 Å². The molecule has 20 heavy (non-hydrogen) atoms. The van der Waals surface area contributed by atoms with Crippen molar-refractivity contribution in [3.63, 3.8) is 0 Å². The van der Waals surface area contributed by atoms with Crippen molar-refractivity contribution in [2.24, 2.45) is 11.3 Å². The molecule has 0 radical (unpaired) electrons. The number of para-hydroxylation sites is 2. The van der Waals surface area contributed by atoms with E-state index in [2.05, 4.69) is 12.2 Å². The van der Waals surface area contributed by atoms with Crippen molar-refractivity contribution < 1.29 is 10.0 Å². The first-order valence-electron chi connectivity index (χ1n) is 7.17. The number of hydrogen-bond donors (Lipinski definition) is 2. The van der Waals surface area contributed by atoms with E-state index in [0.717, 1.165) is 25.8 Å². The summed E-state index contributed by atoms with van der Waals surface area (Å²) in [5.74, 6) is 0.427. The second-order valence-corrected chi connectivity index (χ2v) is 5.76. The molecule has 0 saturated heterocycles. The SMILES string of the molecule is CC(CCO)C1(CNc2ccccc2[N+](=O)[O-])CCC1. The first-order valence-corrected chi connectivity index (χ1v) is 7.17. The average Bonchev–Trinajstić information content (AvgIpc) is 2.38. The Morgan fingerprint density at radius 1 is 1.45 bits per heavy atom. The number of anilines is 1. The third-order valence-electron chi connectivity index (χ3n) is 4.69. The number of nitrogens with one attached hydrogen (secondary N) is 1. The topological polar surface area (TPSA) is 75.4 Å². The largest absolute Gasteiger partial charge is 0.396 e. The molecule has 2 rings (SSSR count). The summed E-state index contributed by atoms with van der Waals surface area (Å²) in [6, 6.07) is 6.75. The van der Waals surface area contributed by atoms with Gasteiger partial charge in [-0.05, 0) is 36.7 Å². The molecule has 110 valence electrons. The van der Waals surface area contributed by atoms with Gasteiger partial charge < -0.3 is 10.4 Å². The predicted octanol–water partition coefficient (Wildman–Crippen LogP) is 3.20. The summed E-state index contributed by atoms with van der Waals surface area (Å²) >= 11 is 0. The number of benzene rings is 1. The van der Waals surface area contributed by atoms with E-state index in [9.17, 15) is 10.1 Å². The van der Waals surface area contributed by atoms with Gasteiger partial charge in [0, 0.05) is 19.2 Å². The number of aliphatic hydroxyl groups excluding tert-OH is 1. The lowest BCUT2D eigenvalue weighted by Crippen LogP contribution is -2.42. The van der Waals surface area contributed by atoms with Gasteiger partial charge in [-0.2, -0.15) is 0 Å². The van der Waals surface area contributed by atoms with Gasteiger partial charge in [0.1, 0.15) is 5.69 Å². The Bertz CT molecular complexity index is 472. The first kappa shape index (κ1) is 14.8. The minimum absolute atomic E-state index is 0.122. The van der Waals surface area contributed by atoms with Gasteiger partial charge in [0.15, 0.2) is 0 Å². The predicted molar refractivity (Wildman–Crippen MR) is 78.7 cm³/mol. The van der Waals surface area contributed by atoms with Crippen LogP contribution < -0.4 is 5.32 Å². The summed E-state index contributed by atoms with van der Waals surface area (Å²) in [6.07, 6.45) is 4.25. The van der Waals surface area contributed by atoms with E-state index in [4.69, 9.17) is 5.11 Å². The molecule has 2 N–H and O–H groups in total. The number of aliphatic hydroxyl groups is 1. The lowest BCUT2D eigenvalue weighted by Gasteiger charge is -2.47. The summed E-state index contributed by atoms with van der Waals surface area (Å²) in [7, 11) is 0. The van der Waals surface area contributed by atoms with Crippen LogP contribution in [-0.4, -0.2) is 23.2 Å². The molecule has 1 unspecified atom stereocenters. The molecule has 1 aliphatic rings. The molecular weight excluding hydrogens is 256 g/mol. The Morgan fingerprint density at radius 2 is 2.15 bits per heavy atom. The molecule has 1 atom stereocenters. The van der Waals surface area contributed by atoms with Gasteiger partial charge in [-0.1, -0.05) is 25.5 Å². The molecule has 1 aromatic rings. The highest BCUT2D eigenvalue weighted by Gasteiger charge is 2.41. The van der Waals surface area contributed by atoms with Crippen LogP contribution in [0.4, 0.5) is 11.4 Å². The monoisotopic (exact) mass is 278 g/mol. The molecule has 0 bridgehead atoms. The molecule has 5 nitrogen and oxygen atoms in total. The molecule has 1 aliphatic carbocycles. The number of nitrogens with zero attached hydrogens (tertiary/aromatic N) is 1. The van der Waals surface area contributed by atoms with Crippen LogP contribution in [0.3, 0.4) is 0 Å². The van der Waals surface area contributed by atoms with Crippen molar-refractivity contribution in [2.45, 2.75) is 32.6 Å². The molecule has 1 aromatic carbocycles. The lowest BCUT2D eigenvalue weighted by atomic mass is 9.60. The Kier molecular flexibility index (Phi) is 4.60. The van der Waals surface area contributed by atoms with Crippen LogP contribution in [0.1, 0.15) is 32.6 Å². The van der Waals surface area contributed by atoms with Crippen LogP contribution >= 0.6 is 0 Å². The third kappa shape index (κ3) is 2.93. The van der Waals surface area contributed by atoms with E-state index in [1.807, 2.05) is 0 Å². The maximum Gasteiger partial charge on any atom is 0.292 e. The molecule has 1 saturated carbocycles. The van der Waals surface area contributed by atoms with Crippen molar-refractivity contribution >= 4 is 11.4 Å². The van der Waals surface area contributed by atoms with Gasteiger partial charge in [0.05, 0.1) is 4.92 Å². The fraction of sp³-hybridized carbons (Fsp3) is 0.600. The Balaban J connectivity index is 2.06. The molecule has 0 amide bonds. The van der Waals surface area contributed by atoms with E-state index < -0.39 is 0 Å². The van der Waals surface area contributed by atoms with Crippen molar-refractivity contribution in [1.82, 2.24) is 0 Å². The molecule has 0 spiro atoms. The molecule has 1 fully saturated rings. The molecular formula is C15H22N2O3. The maximum atomic E-state index is 11.0. The Labute approximate surface area is 119 Å². The van der Waals surface area contributed by atoms with Crippen LogP contribution in [0, 0.1) is 21.4 Å². The Hall–Kier alpha value is -1.62. The lowest BCUT2D eigenvalue weighted by molar-refractivity contribution is -0.384. The van der Waals surface area contributed by atoms with Crippen molar-refractivity contribution in [3.8, 4) is 0 Å². The van der Waals surface area contributed by atoms with Crippen LogP contribution in [-0.2, 0) is 0 Å². The second-order valence-electron chi connectivity index (χ2n) is 5.76. The van der Waals surface area contributed by atoms with Crippen molar-refractivity contribution in [1.29, 1.82) is 0 Å². The number of hydrogen-bond acceptors (Lipinski definition) is 4. The Morgan fingerprint density at radius 3 is 2.70 bits per heavy atom. The van der Waals surface area contributed by atoms with E-state index in [1.54, 1.807) is 18.2 Å². The quantitative estimate of drug-likeness (QED) is 0.593. The molecule has 0 heterocycles. The zero-order valence-corrected chi connectivity index (χ0v) is 11.8. The third-order valence-corrected chi connectivity index (χ3v) is 4.69. The molecule has 0 aromatic heterocycles. The highest BCUT2D eigenvalue weighted by Crippen LogP contribution is 2.48. The van der Waals surface area contributed by atoms with Gasteiger partial charge in [-0.25, -0.2) is 0 Å². The van der Waals surface area contributed by atoms with Gasteiger partial charge >= 0.3 is 0 Å². The van der Waals surface area contributed by atoms with Gasteiger partial charge in [0.2, 0.25) is 0 Å². The normalized spacial score (nSPS) is 18.1. The minimum Gasteiger partial charge on any atom is -0.396 e. The zero-order valence-electron chi connectivity index (χ0n) is 11.8. The number of nitro groups is 1. The number of nitro benzene ring substituents is 1. The molecule has 0 aliphatic heterocycles. The standard InChI is InChI=1S/C15H22N2O3/c1-12(7-10-18)15(8-4-9-15)11-16-13-5-2-3-6-14(13)17(19)20/h2-3,5-6,12,16,18H,4,7-11H2,1H3. The van der Waals surface area contributed by atoms with Crippen molar-refractivity contribution in [2.75, 3.05) is 18.5 Å². The van der Waals surface area contributed by atoms with Crippen LogP contribution in [0.15, 0.2) is 24.3 Å². The molecule has 5 heteroatoms. The van der Waals surface area contributed by atoms with E-state index in [1.165, 1.54) is 12.5 Å². The average molecular weight is 278 g/mol. The summed E-state index contributed by atoms with van der Waals surface area (Å²) in [4.78, 5) is 10.6. The minimum atomic E-state index is -0.354. The second kappa shape index (κ2) is 6.22. The van der Waals surface area contributed by atoms with Gasteiger partial charge in [-0.15, -0.1) is 0 Å². The van der Waals surface area contributed by atoms with Crippen LogP contribution in [0.25, 0.3) is 0 Å². The van der Waals surface area contributed by atoms with Crippen LogP contribution in [0.2, 0.25) is 0 Å². The summed E-state index contributed by atoms with van der Waals surface area (Å²) in [6.45, 7) is 3.10. The highest BCUT2D eigenvalue weighted by atomic mass is 16.6. The summed E-state index contributed by atoms with van der Waals surface area (Å²) in [5, 5.41) is 23.4. The fourth-order valence-electron chi connectivity index (χ4n) is 3.03. The fourth-order valence-corrected chi connectivity index (χ4v) is 3.03. The van der Waals surface area contributed by atoms with E-state index in [0.29, 0.717) is 11.6 Å². The van der Waals surface area contributed by atoms with E-state index >= 15 is 0 Å². The highest BCUT2D eigenvalue weighted by molar-refractivity contribution is 5.61. The summed E-state index contributed by atoms with van der Waals surface area (Å²) < 4.78 is 0. The summed E-state index contributed by atoms with van der Waals surface area (Å²) in [5.41, 5.74) is 0.878.